The van der Waals surface area contributed by atoms with Crippen LogP contribution in [0.1, 0.15) is 200 Å². The Morgan fingerprint density at radius 3 is 1.30 bits per heavy atom. The van der Waals surface area contributed by atoms with Crippen LogP contribution in [-0.4, -0.2) is 87.4 Å². The Bertz CT molecular complexity index is 1350. The number of likely N-dealkylation sites (N-methyl/N-ethyl adjacent to an activating group) is 1. The van der Waals surface area contributed by atoms with E-state index in [-0.39, 0.29) is 38.6 Å². The Morgan fingerprint density at radius 2 is 0.864 bits per heavy atom. The number of carboxylic acids is 1. The molecule has 0 aliphatic carbocycles. The number of ether oxygens (including phenoxy) is 4. The SMILES string of the molecule is CC/C=C\C/C=C\C/C=C\C/C=C\C/C=C\C/C=C\CCCCCCCCCCCCCCC(=O)OC(COC(=O)CCCCCCC/C=C\CCC)COC(OCC[N+](C)(C)C)C(=O)O. The Kier molecular flexibility index (Phi) is 45.4. The molecule has 0 amide bonds. The van der Waals surface area contributed by atoms with E-state index in [1.165, 1.54) is 64.2 Å². The maximum atomic E-state index is 12.8. The summed E-state index contributed by atoms with van der Waals surface area (Å²) in [5.41, 5.74) is 0. The molecule has 0 saturated carbocycles. The van der Waals surface area contributed by atoms with Gasteiger partial charge in [0.2, 0.25) is 0 Å². The van der Waals surface area contributed by atoms with E-state index in [9.17, 15) is 19.5 Å². The summed E-state index contributed by atoms with van der Waals surface area (Å²) >= 11 is 0. The molecule has 0 spiro atoms. The number of quaternary nitrogens is 1. The summed E-state index contributed by atoms with van der Waals surface area (Å²) in [6.45, 7) is 4.67. The largest absolute Gasteiger partial charge is 0.477 e. The Hall–Kier alpha value is -3.53. The number of esters is 2. The highest BCUT2D eigenvalue weighted by atomic mass is 16.7. The van der Waals surface area contributed by atoms with Crippen molar-refractivity contribution < 1.29 is 42.9 Å². The van der Waals surface area contributed by atoms with Gasteiger partial charge in [0.1, 0.15) is 13.2 Å². The van der Waals surface area contributed by atoms with Crippen molar-refractivity contribution in [3.63, 3.8) is 0 Å². The number of nitrogens with zero attached hydrogens (tertiary/aromatic N) is 1. The first-order valence-corrected chi connectivity index (χ1v) is 26.3. The summed E-state index contributed by atoms with van der Waals surface area (Å²) in [6, 6.07) is 0. The van der Waals surface area contributed by atoms with Crippen LogP contribution in [-0.2, 0) is 33.3 Å². The number of hydrogen-bond acceptors (Lipinski definition) is 7. The minimum absolute atomic E-state index is 0.183. The average Bonchev–Trinajstić information content (AvgIpc) is 3.28. The number of allylic oxidation sites excluding steroid dienone is 14. The van der Waals surface area contributed by atoms with Crippen LogP contribution in [0.4, 0.5) is 0 Å². The standard InChI is InChI=1S/C57H97NO8/c1-6-8-10-12-14-16-18-19-20-21-22-23-24-25-26-27-28-29-30-31-32-33-34-35-36-37-38-40-42-44-46-48-55(60)66-53(52-65-57(56(61)62)63-50-49-58(3,4)5)51-64-54(59)47-45-43-41-39-17-15-13-11-9-7-2/h8,10-11,13-14,16,19-20,22-23,25-26,28-29,53,57H,6-7,9,12,15,17-18,21,24,27,30-52H2,1-5H3/p+1/b10-8-,13-11-,16-14-,20-19-,23-22-,26-25-,29-28-. The molecule has 9 nitrogen and oxygen atoms in total. The molecule has 0 aliphatic heterocycles. The summed E-state index contributed by atoms with van der Waals surface area (Å²) in [7, 11) is 5.95. The zero-order valence-electron chi connectivity index (χ0n) is 42.8. The van der Waals surface area contributed by atoms with Gasteiger partial charge in [-0.1, -0.05) is 189 Å². The highest BCUT2D eigenvalue weighted by molar-refractivity contribution is 5.71. The molecule has 0 aliphatic rings. The van der Waals surface area contributed by atoms with Crippen LogP contribution in [0.3, 0.4) is 0 Å². The van der Waals surface area contributed by atoms with E-state index in [1.54, 1.807) is 0 Å². The van der Waals surface area contributed by atoms with Crippen molar-refractivity contribution in [1.29, 1.82) is 0 Å². The second-order valence-corrected chi connectivity index (χ2v) is 18.4. The lowest BCUT2D eigenvalue weighted by molar-refractivity contribution is -0.870. The number of unbranched alkanes of at least 4 members (excludes halogenated alkanes) is 18. The first-order chi connectivity index (χ1) is 32.1. The van der Waals surface area contributed by atoms with Crippen LogP contribution >= 0.6 is 0 Å². The highest BCUT2D eigenvalue weighted by Gasteiger charge is 2.25. The molecule has 0 radical (unpaired) electrons. The molecule has 0 fully saturated rings. The fraction of sp³-hybridized carbons (Fsp3) is 0.702. The van der Waals surface area contributed by atoms with Crippen molar-refractivity contribution >= 4 is 17.9 Å². The summed E-state index contributed by atoms with van der Waals surface area (Å²) < 4.78 is 22.7. The second kappa shape index (κ2) is 47.9. The first-order valence-electron chi connectivity index (χ1n) is 26.3. The number of carboxylic acid groups (broad SMARTS) is 1. The minimum atomic E-state index is -1.51. The summed E-state index contributed by atoms with van der Waals surface area (Å²) in [4.78, 5) is 37.2. The van der Waals surface area contributed by atoms with Crippen molar-refractivity contribution in [2.45, 2.75) is 212 Å². The molecule has 0 rings (SSSR count). The number of aliphatic carboxylic acids is 1. The molecule has 0 bridgehead atoms. The zero-order chi connectivity index (χ0) is 48.4. The highest BCUT2D eigenvalue weighted by Crippen LogP contribution is 2.15. The van der Waals surface area contributed by atoms with Crippen molar-refractivity contribution in [2.24, 2.45) is 0 Å². The van der Waals surface area contributed by atoms with Gasteiger partial charge in [0.15, 0.2) is 6.10 Å². The van der Waals surface area contributed by atoms with Crippen LogP contribution in [0.2, 0.25) is 0 Å². The predicted octanol–water partition coefficient (Wildman–Crippen LogP) is 14.8. The summed E-state index contributed by atoms with van der Waals surface area (Å²) in [5.74, 6) is -2.03. The molecule has 0 aromatic carbocycles. The molecule has 1 N–H and O–H groups in total. The van der Waals surface area contributed by atoms with Crippen molar-refractivity contribution in [1.82, 2.24) is 0 Å². The molecule has 378 valence electrons. The first kappa shape index (κ1) is 62.5. The third-order valence-corrected chi connectivity index (χ3v) is 10.9. The van der Waals surface area contributed by atoms with Gasteiger partial charge in [-0.3, -0.25) is 9.59 Å². The Labute approximate surface area is 404 Å². The third-order valence-electron chi connectivity index (χ3n) is 10.9. The van der Waals surface area contributed by atoms with Crippen LogP contribution in [0.5, 0.6) is 0 Å². The van der Waals surface area contributed by atoms with Crippen LogP contribution in [0.15, 0.2) is 85.1 Å². The van der Waals surface area contributed by atoms with Crippen molar-refractivity contribution in [3.8, 4) is 0 Å². The molecular weight excluding hydrogens is 827 g/mol. The summed E-state index contributed by atoms with van der Waals surface area (Å²) in [6.07, 6.45) is 59.5. The van der Waals surface area contributed by atoms with Crippen molar-refractivity contribution in [3.05, 3.63) is 85.1 Å². The van der Waals surface area contributed by atoms with Gasteiger partial charge in [0.05, 0.1) is 34.4 Å². The number of carbonyl (C=O) groups excluding carboxylic acids is 2. The molecular formula is C57H98NO8+. The van der Waals surface area contributed by atoms with E-state index in [0.717, 1.165) is 103 Å². The zero-order valence-corrected chi connectivity index (χ0v) is 42.8. The topological polar surface area (TPSA) is 108 Å². The lowest BCUT2D eigenvalue weighted by atomic mass is 10.0. The van der Waals surface area contributed by atoms with E-state index in [1.807, 2.05) is 21.1 Å². The summed E-state index contributed by atoms with van der Waals surface area (Å²) in [5, 5.41) is 9.65. The predicted molar refractivity (Wildman–Crippen MR) is 276 cm³/mol. The molecule has 0 heterocycles. The van der Waals surface area contributed by atoms with Gasteiger partial charge in [-0.05, 0) is 83.5 Å². The van der Waals surface area contributed by atoms with Gasteiger partial charge in [-0.25, -0.2) is 4.79 Å². The Balaban J connectivity index is 4.17. The molecule has 0 saturated heterocycles. The van der Waals surface area contributed by atoms with Gasteiger partial charge in [0.25, 0.3) is 6.29 Å². The van der Waals surface area contributed by atoms with E-state index < -0.39 is 24.3 Å². The smallest absolute Gasteiger partial charge is 0.361 e. The molecule has 9 heteroatoms. The molecule has 0 aromatic heterocycles. The normalized spacial score (nSPS) is 13.5. The van der Waals surface area contributed by atoms with Gasteiger partial charge >= 0.3 is 17.9 Å². The lowest BCUT2D eigenvalue weighted by Crippen LogP contribution is -2.40. The molecule has 66 heavy (non-hydrogen) atoms. The fourth-order valence-electron chi connectivity index (χ4n) is 6.84. The number of carbonyl (C=O) groups is 3. The maximum absolute atomic E-state index is 12.8. The van der Waals surface area contributed by atoms with Crippen LogP contribution in [0, 0.1) is 0 Å². The lowest BCUT2D eigenvalue weighted by Gasteiger charge is -2.25. The monoisotopic (exact) mass is 925 g/mol. The van der Waals surface area contributed by atoms with Crippen LogP contribution in [0.25, 0.3) is 0 Å². The fourth-order valence-corrected chi connectivity index (χ4v) is 6.84. The second-order valence-electron chi connectivity index (χ2n) is 18.4. The quantitative estimate of drug-likeness (QED) is 0.0211. The van der Waals surface area contributed by atoms with Gasteiger partial charge in [-0.15, -0.1) is 0 Å². The maximum Gasteiger partial charge on any atom is 0.361 e. The van der Waals surface area contributed by atoms with Gasteiger partial charge in [-0.2, -0.15) is 0 Å². The third kappa shape index (κ3) is 48.4. The Morgan fingerprint density at radius 1 is 0.470 bits per heavy atom. The number of rotatable bonds is 47. The van der Waals surface area contributed by atoms with Crippen LogP contribution < -0.4 is 0 Å². The van der Waals surface area contributed by atoms with E-state index >= 15 is 0 Å². The number of hydrogen-bond donors (Lipinski definition) is 1. The molecule has 2 atom stereocenters. The average molecular weight is 925 g/mol. The molecule has 2 unspecified atom stereocenters. The van der Waals surface area contributed by atoms with E-state index in [4.69, 9.17) is 18.9 Å². The van der Waals surface area contributed by atoms with E-state index in [0.29, 0.717) is 17.4 Å². The minimum Gasteiger partial charge on any atom is -0.477 e. The van der Waals surface area contributed by atoms with Gasteiger partial charge in [0, 0.05) is 12.8 Å². The van der Waals surface area contributed by atoms with E-state index in [2.05, 4.69) is 98.9 Å². The van der Waals surface area contributed by atoms with Gasteiger partial charge < -0.3 is 28.5 Å². The molecule has 0 aromatic rings. The van der Waals surface area contributed by atoms with Crippen molar-refractivity contribution in [2.75, 3.05) is 47.5 Å².